The van der Waals surface area contributed by atoms with E-state index < -0.39 is 0 Å². The largest absolute Gasteiger partial charge is 0.398 e. The van der Waals surface area contributed by atoms with Crippen molar-refractivity contribution in [3.05, 3.63) is 42.4 Å². The van der Waals surface area contributed by atoms with Gasteiger partial charge in [-0.1, -0.05) is 20.4 Å². The van der Waals surface area contributed by atoms with Crippen molar-refractivity contribution in [1.82, 2.24) is 9.88 Å². The molecule has 0 amide bonds. The Kier molecular flexibility index (Phi) is 4.13. The Labute approximate surface area is 174 Å². The lowest BCUT2D eigenvalue weighted by atomic mass is 9.90. The topological polar surface area (TPSA) is 57.4 Å². The number of allylic oxidation sites excluding steroid dienone is 1. The highest BCUT2D eigenvalue weighted by Gasteiger charge is 2.55. The summed E-state index contributed by atoms with van der Waals surface area (Å²) < 4.78 is 0. The number of nitrogen functional groups attached to an aromatic ring is 1. The van der Waals surface area contributed by atoms with Gasteiger partial charge in [0.1, 0.15) is 0 Å². The van der Waals surface area contributed by atoms with Crippen LogP contribution in [0.2, 0.25) is 0 Å². The van der Waals surface area contributed by atoms with E-state index >= 15 is 0 Å². The second kappa shape index (κ2) is 6.38. The van der Waals surface area contributed by atoms with Gasteiger partial charge in [0.25, 0.3) is 0 Å². The molecule has 0 radical (unpaired) electrons. The molecule has 154 valence electrons. The fourth-order valence-corrected chi connectivity index (χ4v) is 5.62. The van der Waals surface area contributed by atoms with Crippen LogP contribution in [0.15, 0.2) is 41.8 Å². The van der Waals surface area contributed by atoms with Gasteiger partial charge in [0.15, 0.2) is 0 Å². The number of nitrogens with two attached hydrogens (primary N) is 1. The van der Waals surface area contributed by atoms with E-state index in [2.05, 4.69) is 43.3 Å². The Bertz CT molecular complexity index is 942. The number of hydrogen-bond acceptors (Lipinski definition) is 3. The number of anilines is 1. The van der Waals surface area contributed by atoms with E-state index in [1.807, 2.05) is 18.5 Å². The molecule has 1 saturated heterocycles. The van der Waals surface area contributed by atoms with Gasteiger partial charge in [0.05, 0.1) is 0 Å². The molecule has 2 unspecified atom stereocenters. The van der Waals surface area contributed by atoms with Gasteiger partial charge in [-0.25, -0.2) is 0 Å². The van der Waals surface area contributed by atoms with Gasteiger partial charge in [-0.3, -0.25) is 4.99 Å². The minimum Gasteiger partial charge on any atom is -0.398 e. The smallest absolute Gasteiger partial charge is 0.0486 e. The molecule has 3 fully saturated rings. The summed E-state index contributed by atoms with van der Waals surface area (Å²) in [6.07, 6.45) is 9.18. The van der Waals surface area contributed by atoms with Gasteiger partial charge in [0, 0.05) is 71.7 Å². The molecule has 0 bridgehead atoms. The minimum atomic E-state index is 0.478. The number of aromatic nitrogens is 1. The number of likely N-dealkylation sites (tertiary alicyclic amines) is 1. The summed E-state index contributed by atoms with van der Waals surface area (Å²) in [5, 5.41) is 0. The molecule has 5 aliphatic rings. The maximum Gasteiger partial charge on any atom is 0.0486 e. The number of H-pyrrole nitrogens is 1. The second-order valence-corrected chi connectivity index (χ2v) is 10.4. The number of pyridine rings is 1. The monoisotopic (exact) mass is 390 g/mol. The normalized spacial score (nSPS) is 27.4. The number of fused-ring (bicyclic) bond motifs is 1. The molecule has 2 heterocycles. The third-order valence-corrected chi connectivity index (χ3v) is 8.15. The quantitative estimate of drug-likeness (QED) is 0.692. The van der Waals surface area contributed by atoms with Gasteiger partial charge in [-0.05, 0) is 61.5 Å². The average molecular weight is 391 g/mol. The van der Waals surface area contributed by atoms with Gasteiger partial charge in [0.2, 0.25) is 0 Å². The van der Waals surface area contributed by atoms with Crippen LogP contribution < -0.4 is 5.73 Å². The zero-order valence-electron chi connectivity index (χ0n) is 18.1. The van der Waals surface area contributed by atoms with Crippen LogP contribution in [0.1, 0.15) is 52.0 Å². The number of rotatable bonds is 5. The zero-order valence-corrected chi connectivity index (χ0v) is 18.1. The second-order valence-electron chi connectivity index (χ2n) is 10.4. The molecule has 0 aromatic carbocycles. The molecule has 3 aliphatic carbocycles. The number of nitrogens with one attached hydrogen (secondary N) is 1. The van der Waals surface area contributed by atoms with E-state index in [9.17, 15) is 0 Å². The molecule has 0 aromatic rings. The number of aliphatic imine (C=N–C) groups is 1. The van der Waals surface area contributed by atoms with Gasteiger partial charge < -0.3 is 15.6 Å². The molecular formula is C25H34N4. The number of hydrogen-bond donors (Lipinski definition) is 2. The molecule has 2 atom stereocenters. The molecule has 4 heteroatoms. The van der Waals surface area contributed by atoms with E-state index in [1.165, 1.54) is 44.5 Å². The van der Waals surface area contributed by atoms with Crippen molar-refractivity contribution in [3.8, 4) is 11.1 Å². The highest BCUT2D eigenvalue weighted by Crippen LogP contribution is 2.61. The van der Waals surface area contributed by atoms with Crippen LogP contribution in [-0.4, -0.2) is 35.2 Å². The Morgan fingerprint density at radius 3 is 2.69 bits per heavy atom. The molecule has 5 rings (SSSR count). The van der Waals surface area contributed by atoms with Crippen LogP contribution in [0.25, 0.3) is 11.1 Å². The van der Waals surface area contributed by atoms with E-state index in [0.29, 0.717) is 16.7 Å². The number of piperidine rings is 1. The van der Waals surface area contributed by atoms with Crippen molar-refractivity contribution in [2.45, 2.75) is 46.5 Å². The summed E-state index contributed by atoms with van der Waals surface area (Å²) in [6, 6.07) is 4.20. The SMILES string of the molecule is C=C(C1CC1(C)C)N1CCC2(CC1)CC2CN=C(C)c1cc2c[nH]ccc-2c1N. The van der Waals surface area contributed by atoms with Gasteiger partial charge >= 0.3 is 0 Å². The van der Waals surface area contributed by atoms with Crippen molar-refractivity contribution < 1.29 is 0 Å². The molecule has 3 N–H and O–H groups in total. The molecular weight excluding hydrogens is 356 g/mol. The first-order valence-electron chi connectivity index (χ1n) is 11.1. The number of nitrogens with zero attached hydrogens (tertiary/aromatic N) is 2. The highest BCUT2D eigenvalue weighted by molar-refractivity contribution is 6.08. The Morgan fingerprint density at radius 2 is 2.03 bits per heavy atom. The maximum absolute atomic E-state index is 6.38. The Morgan fingerprint density at radius 1 is 1.31 bits per heavy atom. The Balaban J connectivity index is 1.19. The summed E-state index contributed by atoms with van der Waals surface area (Å²) in [4.78, 5) is 10.7. The summed E-state index contributed by atoms with van der Waals surface area (Å²) in [6.45, 7) is 14.6. The van der Waals surface area contributed by atoms with Crippen molar-refractivity contribution in [2.75, 3.05) is 25.4 Å². The number of aromatic amines is 1. The van der Waals surface area contributed by atoms with E-state index in [4.69, 9.17) is 10.7 Å². The van der Waals surface area contributed by atoms with Crippen LogP contribution in [0.4, 0.5) is 5.69 Å². The summed E-state index contributed by atoms with van der Waals surface area (Å²) in [5.74, 6) is 1.45. The first-order chi connectivity index (χ1) is 13.8. The molecule has 0 aromatic heterocycles. The van der Waals surface area contributed by atoms with Gasteiger partial charge in [-0.2, -0.15) is 0 Å². The van der Waals surface area contributed by atoms with Crippen molar-refractivity contribution in [3.63, 3.8) is 0 Å². The van der Waals surface area contributed by atoms with Crippen molar-refractivity contribution >= 4 is 11.4 Å². The predicted molar refractivity (Wildman–Crippen MR) is 121 cm³/mol. The maximum atomic E-state index is 6.38. The van der Waals surface area contributed by atoms with Crippen LogP contribution in [0.5, 0.6) is 0 Å². The van der Waals surface area contributed by atoms with Crippen LogP contribution in [0, 0.1) is 22.7 Å². The van der Waals surface area contributed by atoms with Crippen molar-refractivity contribution in [1.29, 1.82) is 0 Å². The third kappa shape index (κ3) is 3.17. The molecule has 4 nitrogen and oxygen atoms in total. The standard InChI is InChI=1S/C25H34N4/c1-16(21-11-18-14-27-8-5-20(18)23(21)26)28-15-19-12-25(19)6-9-29(10-7-25)17(2)22-13-24(22,3)4/h5,8,11,14,19,22,27H,2,6-7,9-10,12-13,15,26H2,1,3-4H3. The lowest BCUT2D eigenvalue weighted by Crippen LogP contribution is -2.35. The summed E-state index contributed by atoms with van der Waals surface area (Å²) >= 11 is 0. The fourth-order valence-electron chi connectivity index (χ4n) is 5.62. The molecule has 2 saturated carbocycles. The summed E-state index contributed by atoms with van der Waals surface area (Å²) in [5.41, 5.74) is 14.1. The van der Waals surface area contributed by atoms with E-state index in [0.717, 1.165) is 40.6 Å². The van der Waals surface area contributed by atoms with Crippen LogP contribution in [-0.2, 0) is 0 Å². The Hall–Kier alpha value is -2.23. The fraction of sp³-hybridized carbons (Fsp3) is 0.560. The first-order valence-corrected chi connectivity index (χ1v) is 11.1. The van der Waals surface area contributed by atoms with Crippen LogP contribution in [0.3, 0.4) is 0 Å². The molecule has 2 aliphatic heterocycles. The summed E-state index contributed by atoms with van der Waals surface area (Å²) in [7, 11) is 0. The van der Waals surface area contributed by atoms with Crippen LogP contribution >= 0.6 is 0 Å². The molecule has 29 heavy (non-hydrogen) atoms. The minimum absolute atomic E-state index is 0.478. The van der Waals surface area contributed by atoms with Gasteiger partial charge in [-0.15, -0.1) is 0 Å². The molecule has 1 spiro atoms. The predicted octanol–water partition coefficient (Wildman–Crippen LogP) is 5.17. The first kappa shape index (κ1) is 18.8. The van der Waals surface area contributed by atoms with E-state index in [-0.39, 0.29) is 0 Å². The zero-order chi connectivity index (χ0) is 20.4. The lowest BCUT2D eigenvalue weighted by molar-refractivity contribution is 0.191. The van der Waals surface area contributed by atoms with Crippen molar-refractivity contribution in [2.24, 2.45) is 27.7 Å². The van der Waals surface area contributed by atoms with E-state index in [1.54, 1.807) is 0 Å². The highest BCUT2D eigenvalue weighted by atomic mass is 15.2. The third-order valence-electron chi connectivity index (χ3n) is 8.15. The lowest BCUT2D eigenvalue weighted by Gasteiger charge is -2.36. The average Bonchev–Trinajstić information content (AvgIpc) is 3.53.